The van der Waals surface area contributed by atoms with Crippen molar-refractivity contribution >= 4 is 5.96 Å². The molecule has 0 unspecified atom stereocenters. The Morgan fingerprint density at radius 3 is 2.46 bits per heavy atom. The van der Waals surface area contributed by atoms with Crippen LogP contribution >= 0.6 is 0 Å². The van der Waals surface area contributed by atoms with Gasteiger partial charge < -0.3 is 10.6 Å². The fourth-order valence-electron chi connectivity index (χ4n) is 2.41. The molecule has 0 aliphatic rings. The van der Waals surface area contributed by atoms with Gasteiger partial charge in [-0.05, 0) is 43.0 Å². The lowest BCUT2D eigenvalue weighted by Gasteiger charge is -2.11. The van der Waals surface area contributed by atoms with Crippen molar-refractivity contribution in [3.8, 4) is 0 Å². The minimum absolute atomic E-state index is 0.316. The number of alkyl halides is 3. The molecule has 8 heteroatoms. The van der Waals surface area contributed by atoms with Crippen LogP contribution in [0.15, 0.2) is 41.7 Å². The van der Waals surface area contributed by atoms with Gasteiger partial charge in [-0.2, -0.15) is 18.3 Å². The second-order valence-corrected chi connectivity index (χ2v) is 5.94. The van der Waals surface area contributed by atoms with Crippen LogP contribution in [0.4, 0.5) is 13.2 Å². The number of aryl methyl sites for hydroxylation is 2. The van der Waals surface area contributed by atoms with Gasteiger partial charge in [-0.3, -0.25) is 4.68 Å². The predicted molar refractivity (Wildman–Crippen MR) is 95.8 cm³/mol. The molecule has 1 aromatic carbocycles. The number of aromatic nitrogens is 2. The molecule has 0 bridgehead atoms. The summed E-state index contributed by atoms with van der Waals surface area (Å²) in [6.07, 6.45) is 1.37. The first-order valence-corrected chi connectivity index (χ1v) is 8.54. The molecular formula is C18H24F3N5. The number of guanidine groups is 1. The summed E-state index contributed by atoms with van der Waals surface area (Å²) in [4.78, 5) is 4.42. The topological polar surface area (TPSA) is 54.2 Å². The Kier molecular flexibility index (Phi) is 7.06. The van der Waals surface area contributed by atoms with Crippen molar-refractivity contribution in [2.45, 2.75) is 32.5 Å². The monoisotopic (exact) mass is 367 g/mol. The van der Waals surface area contributed by atoms with Crippen molar-refractivity contribution in [3.63, 3.8) is 0 Å². The highest BCUT2D eigenvalue weighted by Crippen LogP contribution is 2.29. The quantitative estimate of drug-likeness (QED) is 0.449. The fraction of sp³-hybridized carbons (Fsp3) is 0.444. The molecule has 2 aromatic rings. The summed E-state index contributed by atoms with van der Waals surface area (Å²) in [7, 11) is 1.89. The number of aliphatic imine (C=N–C) groups is 1. The summed E-state index contributed by atoms with van der Waals surface area (Å²) in [6.45, 7) is 3.73. The van der Waals surface area contributed by atoms with E-state index in [2.05, 4.69) is 20.7 Å². The smallest absolute Gasteiger partial charge is 0.357 e. The van der Waals surface area contributed by atoms with Crippen molar-refractivity contribution in [1.82, 2.24) is 20.4 Å². The highest BCUT2D eigenvalue weighted by molar-refractivity contribution is 5.79. The van der Waals surface area contributed by atoms with E-state index in [0.717, 1.165) is 37.1 Å². The van der Waals surface area contributed by atoms with Crippen LogP contribution in [0.3, 0.4) is 0 Å². The lowest BCUT2D eigenvalue weighted by atomic mass is 10.1. The minimum Gasteiger partial charge on any atom is -0.357 e. The highest BCUT2D eigenvalue weighted by atomic mass is 19.4. The third-order valence-electron chi connectivity index (χ3n) is 3.74. The molecular weight excluding hydrogens is 343 g/mol. The number of hydrogen-bond acceptors (Lipinski definition) is 2. The van der Waals surface area contributed by atoms with Gasteiger partial charge in [0.1, 0.15) is 0 Å². The van der Waals surface area contributed by atoms with Crippen molar-refractivity contribution < 1.29 is 13.2 Å². The number of nitrogens with zero attached hydrogens (tertiary/aromatic N) is 3. The Labute approximate surface area is 151 Å². The standard InChI is InChI=1S/C18H24F3N5/c1-3-22-17(23-10-4-5-15-12-25-26(2)13-15)24-11-14-6-8-16(9-7-14)18(19,20)21/h6-9,12-13H,3-5,10-11H2,1-2H3,(H2,22,23,24). The third-order valence-corrected chi connectivity index (χ3v) is 3.74. The Bertz CT molecular complexity index is 704. The third kappa shape index (κ3) is 6.42. The van der Waals surface area contributed by atoms with Crippen LogP contribution in [0.2, 0.25) is 0 Å². The van der Waals surface area contributed by atoms with E-state index in [1.54, 1.807) is 4.68 Å². The van der Waals surface area contributed by atoms with Crippen molar-refractivity contribution in [2.24, 2.45) is 12.0 Å². The maximum absolute atomic E-state index is 12.6. The SMILES string of the molecule is CCNC(=NCc1ccc(C(F)(F)F)cc1)NCCCc1cnn(C)c1. The van der Waals surface area contributed by atoms with Gasteiger partial charge in [-0.15, -0.1) is 0 Å². The molecule has 142 valence electrons. The molecule has 0 saturated heterocycles. The highest BCUT2D eigenvalue weighted by Gasteiger charge is 2.29. The first kappa shape index (κ1) is 19.8. The Morgan fingerprint density at radius 1 is 1.15 bits per heavy atom. The molecule has 0 fully saturated rings. The van der Waals surface area contributed by atoms with Crippen LogP contribution in [0.1, 0.15) is 30.0 Å². The molecule has 2 N–H and O–H groups in total. The van der Waals surface area contributed by atoms with Crippen molar-refractivity contribution in [2.75, 3.05) is 13.1 Å². The first-order chi connectivity index (χ1) is 12.4. The van der Waals surface area contributed by atoms with Gasteiger partial charge in [-0.25, -0.2) is 4.99 Å². The summed E-state index contributed by atoms with van der Waals surface area (Å²) in [6, 6.07) is 5.08. The van der Waals surface area contributed by atoms with Crippen LogP contribution in [-0.2, 0) is 26.2 Å². The van der Waals surface area contributed by atoms with Gasteiger partial charge in [-0.1, -0.05) is 12.1 Å². The van der Waals surface area contributed by atoms with Crippen LogP contribution in [0.5, 0.6) is 0 Å². The Balaban J connectivity index is 1.83. The average molecular weight is 367 g/mol. The Hall–Kier alpha value is -2.51. The van der Waals surface area contributed by atoms with Crippen molar-refractivity contribution in [3.05, 3.63) is 53.3 Å². The molecule has 2 rings (SSSR count). The number of nitrogens with one attached hydrogen (secondary N) is 2. The molecule has 0 radical (unpaired) electrons. The molecule has 0 aliphatic carbocycles. The van der Waals surface area contributed by atoms with Gasteiger partial charge in [0.15, 0.2) is 5.96 Å². The minimum atomic E-state index is -4.31. The van der Waals surface area contributed by atoms with E-state index in [0.29, 0.717) is 19.0 Å². The van der Waals surface area contributed by atoms with Crippen molar-refractivity contribution in [1.29, 1.82) is 0 Å². The summed E-state index contributed by atoms with van der Waals surface area (Å²) in [5, 5.41) is 10.5. The van der Waals surface area contributed by atoms with Crippen LogP contribution in [-0.4, -0.2) is 28.8 Å². The van der Waals surface area contributed by atoms with Crippen LogP contribution in [0, 0.1) is 0 Å². The lowest BCUT2D eigenvalue weighted by Crippen LogP contribution is -2.37. The van der Waals surface area contributed by atoms with Gasteiger partial charge in [0.25, 0.3) is 0 Å². The zero-order chi connectivity index (χ0) is 19.0. The molecule has 1 heterocycles. The summed E-state index contributed by atoms with van der Waals surface area (Å²) in [5.41, 5.74) is 1.26. The molecule has 0 spiro atoms. The largest absolute Gasteiger partial charge is 0.416 e. The summed E-state index contributed by atoms with van der Waals surface area (Å²) < 4.78 is 39.5. The van der Waals surface area contributed by atoms with Gasteiger partial charge >= 0.3 is 6.18 Å². The molecule has 0 amide bonds. The second kappa shape index (κ2) is 9.26. The van der Waals surface area contributed by atoms with E-state index in [4.69, 9.17) is 0 Å². The second-order valence-electron chi connectivity index (χ2n) is 5.94. The van der Waals surface area contributed by atoms with Gasteiger partial charge in [0, 0.05) is 26.3 Å². The molecule has 5 nitrogen and oxygen atoms in total. The maximum atomic E-state index is 12.6. The number of rotatable bonds is 7. The zero-order valence-corrected chi connectivity index (χ0v) is 15.0. The van der Waals surface area contributed by atoms with E-state index in [1.165, 1.54) is 17.7 Å². The van der Waals surface area contributed by atoms with Crippen LogP contribution < -0.4 is 10.6 Å². The maximum Gasteiger partial charge on any atom is 0.416 e. The van der Waals surface area contributed by atoms with E-state index >= 15 is 0 Å². The zero-order valence-electron chi connectivity index (χ0n) is 15.0. The van der Waals surface area contributed by atoms with Gasteiger partial charge in [0.05, 0.1) is 18.3 Å². The Morgan fingerprint density at radius 2 is 1.88 bits per heavy atom. The molecule has 0 saturated carbocycles. The van der Waals surface area contributed by atoms with E-state index in [-0.39, 0.29) is 0 Å². The molecule has 0 atom stereocenters. The lowest BCUT2D eigenvalue weighted by molar-refractivity contribution is -0.137. The van der Waals surface area contributed by atoms with E-state index in [9.17, 15) is 13.2 Å². The van der Waals surface area contributed by atoms with Crippen LogP contribution in [0.25, 0.3) is 0 Å². The molecule has 0 aliphatic heterocycles. The number of halogens is 3. The number of hydrogen-bond donors (Lipinski definition) is 2. The molecule has 26 heavy (non-hydrogen) atoms. The fourth-order valence-corrected chi connectivity index (χ4v) is 2.41. The summed E-state index contributed by atoms with van der Waals surface area (Å²) in [5.74, 6) is 0.651. The van der Waals surface area contributed by atoms with Gasteiger partial charge in [0.2, 0.25) is 0 Å². The normalized spacial score (nSPS) is 12.3. The summed E-state index contributed by atoms with van der Waals surface area (Å²) >= 11 is 0. The van der Waals surface area contributed by atoms with E-state index < -0.39 is 11.7 Å². The average Bonchev–Trinajstić information content (AvgIpc) is 3.01. The van der Waals surface area contributed by atoms with E-state index in [1.807, 2.05) is 26.4 Å². The number of benzene rings is 1. The first-order valence-electron chi connectivity index (χ1n) is 8.54. The molecule has 1 aromatic heterocycles. The predicted octanol–water partition coefficient (Wildman–Crippen LogP) is 3.13.